The summed E-state index contributed by atoms with van der Waals surface area (Å²) in [7, 11) is 3.93. The van der Waals surface area contributed by atoms with E-state index in [4.69, 9.17) is 0 Å². The monoisotopic (exact) mass is 372 g/mol. The summed E-state index contributed by atoms with van der Waals surface area (Å²) in [4.78, 5) is 21.9. The highest BCUT2D eigenvalue weighted by Crippen LogP contribution is 2.35. The molecule has 0 bridgehead atoms. The summed E-state index contributed by atoms with van der Waals surface area (Å²) >= 11 is 0. The van der Waals surface area contributed by atoms with Gasteiger partial charge in [0, 0.05) is 26.3 Å². The summed E-state index contributed by atoms with van der Waals surface area (Å²) < 4.78 is 0. The molecule has 2 aromatic carbocycles. The predicted molar refractivity (Wildman–Crippen MR) is 114 cm³/mol. The highest BCUT2D eigenvalue weighted by molar-refractivity contribution is 5.97. The largest absolute Gasteiger partial charge is 0.376 e. The lowest BCUT2D eigenvalue weighted by Crippen LogP contribution is -2.36. The van der Waals surface area contributed by atoms with Crippen molar-refractivity contribution < 1.29 is 4.79 Å². The molecule has 0 aliphatic carbocycles. The van der Waals surface area contributed by atoms with Crippen LogP contribution in [0.5, 0.6) is 0 Å². The van der Waals surface area contributed by atoms with Crippen LogP contribution in [-0.2, 0) is 11.2 Å². The van der Waals surface area contributed by atoms with Gasteiger partial charge in [0.2, 0.25) is 0 Å². The van der Waals surface area contributed by atoms with Gasteiger partial charge in [-0.3, -0.25) is 4.79 Å². The molecule has 2 heterocycles. The van der Waals surface area contributed by atoms with Crippen molar-refractivity contribution in [3.8, 4) is 0 Å². The minimum Gasteiger partial charge on any atom is -0.376 e. The molecule has 1 aromatic heterocycles. The van der Waals surface area contributed by atoms with E-state index in [9.17, 15) is 4.79 Å². The lowest BCUT2D eigenvalue weighted by molar-refractivity contribution is -0.117. The first kappa shape index (κ1) is 18.0. The van der Waals surface area contributed by atoms with Crippen LogP contribution >= 0.6 is 0 Å². The Morgan fingerprint density at radius 1 is 1.04 bits per heavy atom. The Morgan fingerprint density at radius 3 is 2.50 bits per heavy atom. The van der Waals surface area contributed by atoms with Gasteiger partial charge in [0.05, 0.1) is 11.9 Å². The van der Waals surface area contributed by atoms with Gasteiger partial charge in [-0.25, -0.2) is 4.98 Å². The van der Waals surface area contributed by atoms with E-state index >= 15 is 0 Å². The molecule has 0 saturated carbocycles. The Bertz CT molecular complexity index is 954. The molecule has 1 aliphatic heterocycles. The van der Waals surface area contributed by atoms with Gasteiger partial charge >= 0.3 is 0 Å². The molecule has 142 valence electrons. The molecule has 3 aromatic rings. The number of amides is 1. The number of nitrogens with zero attached hydrogens (tertiary/aromatic N) is 3. The Labute approximate surface area is 165 Å². The molecule has 1 atom stereocenters. The average Bonchev–Trinajstić information content (AvgIpc) is 3.13. The quantitative estimate of drug-likeness (QED) is 0.738. The molecule has 4 rings (SSSR count). The number of hydrogen-bond donors (Lipinski definition) is 1. The SMILES string of the molecule is CN(C)c1ccc(NC(=O)[C@@H](c2ccccc2)N2CCc3ccccc32)nc1. The molecule has 0 fully saturated rings. The molecule has 1 N–H and O–H groups in total. The van der Waals surface area contributed by atoms with Gasteiger partial charge in [-0.1, -0.05) is 48.5 Å². The summed E-state index contributed by atoms with van der Waals surface area (Å²) in [6.45, 7) is 0.819. The molecular formula is C23H24N4O. The van der Waals surface area contributed by atoms with Crippen LogP contribution in [0.15, 0.2) is 72.9 Å². The maximum atomic E-state index is 13.3. The number of pyridine rings is 1. The van der Waals surface area contributed by atoms with Crippen molar-refractivity contribution in [1.29, 1.82) is 0 Å². The molecule has 5 heteroatoms. The highest BCUT2D eigenvalue weighted by Gasteiger charge is 2.32. The van der Waals surface area contributed by atoms with Gasteiger partial charge in [-0.15, -0.1) is 0 Å². The minimum atomic E-state index is -0.403. The maximum Gasteiger partial charge on any atom is 0.252 e. The van der Waals surface area contributed by atoms with E-state index in [0.717, 1.165) is 29.9 Å². The van der Waals surface area contributed by atoms with Gasteiger partial charge < -0.3 is 15.1 Å². The fourth-order valence-electron chi connectivity index (χ4n) is 3.66. The molecule has 1 aliphatic rings. The van der Waals surface area contributed by atoms with Gasteiger partial charge in [0.15, 0.2) is 0 Å². The van der Waals surface area contributed by atoms with Crippen molar-refractivity contribution in [2.24, 2.45) is 0 Å². The molecule has 0 radical (unpaired) electrons. The number of rotatable bonds is 5. The van der Waals surface area contributed by atoms with Crippen LogP contribution in [0.2, 0.25) is 0 Å². The number of nitrogens with one attached hydrogen (secondary N) is 1. The number of benzene rings is 2. The third-order valence-corrected chi connectivity index (χ3v) is 5.11. The van der Waals surface area contributed by atoms with Crippen LogP contribution in [0, 0.1) is 0 Å². The van der Waals surface area contributed by atoms with E-state index in [-0.39, 0.29) is 5.91 Å². The number of fused-ring (bicyclic) bond motifs is 1. The highest BCUT2D eigenvalue weighted by atomic mass is 16.2. The Hall–Kier alpha value is -3.34. The fraction of sp³-hybridized carbons (Fsp3) is 0.217. The van der Waals surface area contributed by atoms with Crippen LogP contribution in [0.3, 0.4) is 0 Å². The molecule has 0 saturated heterocycles. The molecule has 28 heavy (non-hydrogen) atoms. The Morgan fingerprint density at radius 2 is 1.79 bits per heavy atom. The summed E-state index contributed by atoms with van der Waals surface area (Å²) in [6, 6.07) is 21.6. The molecular weight excluding hydrogens is 348 g/mol. The first-order chi connectivity index (χ1) is 13.6. The predicted octanol–water partition coefficient (Wildman–Crippen LogP) is 3.89. The number of hydrogen-bond acceptors (Lipinski definition) is 4. The number of aromatic nitrogens is 1. The minimum absolute atomic E-state index is 0.0759. The number of carbonyl (C=O) groups is 1. The van der Waals surface area contributed by atoms with Crippen molar-refractivity contribution in [3.63, 3.8) is 0 Å². The van der Waals surface area contributed by atoms with Gasteiger partial charge in [-0.2, -0.15) is 0 Å². The van der Waals surface area contributed by atoms with Crippen LogP contribution in [0.4, 0.5) is 17.2 Å². The van der Waals surface area contributed by atoms with E-state index in [0.29, 0.717) is 5.82 Å². The third-order valence-electron chi connectivity index (χ3n) is 5.11. The van der Waals surface area contributed by atoms with E-state index in [1.165, 1.54) is 5.56 Å². The average molecular weight is 372 g/mol. The molecule has 5 nitrogen and oxygen atoms in total. The lowest BCUT2D eigenvalue weighted by atomic mass is 10.0. The zero-order chi connectivity index (χ0) is 19.5. The Kier molecular flexibility index (Phi) is 4.98. The number of para-hydroxylation sites is 1. The van der Waals surface area contributed by atoms with E-state index in [2.05, 4.69) is 33.4 Å². The van der Waals surface area contributed by atoms with Gasteiger partial charge in [0.1, 0.15) is 11.9 Å². The summed E-state index contributed by atoms with van der Waals surface area (Å²) in [5.74, 6) is 0.483. The normalized spacial score (nSPS) is 13.7. The second kappa shape index (κ2) is 7.72. The topological polar surface area (TPSA) is 48.5 Å². The lowest BCUT2D eigenvalue weighted by Gasteiger charge is -2.29. The van der Waals surface area contributed by atoms with E-state index in [1.54, 1.807) is 6.20 Å². The summed E-state index contributed by atoms with van der Waals surface area (Å²) in [6.07, 6.45) is 2.71. The first-order valence-electron chi connectivity index (χ1n) is 9.47. The first-order valence-corrected chi connectivity index (χ1v) is 9.47. The van der Waals surface area contributed by atoms with Crippen LogP contribution in [0.25, 0.3) is 0 Å². The zero-order valence-electron chi connectivity index (χ0n) is 16.2. The van der Waals surface area contributed by atoms with Crippen LogP contribution in [-0.4, -0.2) is 31.5 Å². The summed E-state index contributed by atoms with van der Waals surface area (Å²) in [5.41, 5.74) is 4.37. The van der Waals surface area contributed by atoms with Crippen LogP contribution < -0.4 is 15.1 Å². The van der Waals surface area contributed by atoms with E-state index < -0.39 is 6.04 Å². The van der Waals surface area contributed by atoms with Gasteiger partial charge in [0.25, 0.3) is 5.91 Å². The molecule has 0 spiro atoms. The molecule has 0 unspecified atom stereocenters. The fourth-order valence-corrected chi connectivity index (χ4v) is 3.66. The number of carbonyl (C=O) groups excluding carboxylic acids is 1. The maximum absolute atomic E-state index is 13.3. The second-order valence-electron chi connectivity index (χ2n) is 7.17. The smallest absolute Gasteiger partial charge is 0.252 e. The van der Waals surface area contributed by atoms with Crippen molar-refractivity contribution in [3.05, 3.63) is 84.1 Å². The molecule has 1 amide bonds. The van der Waals surface area contributed by atoms with Crippen molar-refractivity contribution in [2.75, 3.05) is 35.8 Å². The van der Waals surface area contributed by atoms with Gasteiger partial charge in [-0.05, 0) is 35.7 Å². The van der Waals surface area contributed by atoms with Crippen LogP contribution in [0.1, 0.15) is 17.2 Å². The number of anilines is 3. The van der Waals surface area contributed by atoms with Crippen molar-refractivity contribution in [1.82, 2.24) is 4.98 Å². The zero-order valence-corrected chi connectivity index (χ0v) is 16.2. The van der Waals surface area contributed by atoms with Crippen molar-refractivity contribution >= 4 is 23.1 Å². The van der Waals surface area contributed by atoms with Crippen molar-refractivity contribution in [2.45, 2.75) is 12.5 Å². The Balaban J connectivity index is 1.64. The van der Waals surface area contributed by atoms with E-state index in [1.807, 2.05) is 67.5 Å². The third kappa shape index (κ3) is 3.56. The second-order valence-corrected chi connectivity index (χ2v) is 7.17. The standard InChI is InChI=1S/C23H24N4O/c1-26(2)19-12-13-21(24-16-19)25-23(28)22(18-9-4-3-5-10-18)27-15-14-17-8-6-7-11-20(17)27/h3-13,16,22H,14-15H2,1-2H3,(H,24,25,28)/t22-/m1/s1. The summed E-state index contributed by atoms with van der Waals surface area (Å²) in [5, 5.41) is 3.00.